The minimum atomic E-state index is -0.203. The van der Waals surface area contributed by atoms with Crippen LogP contribution in [0.4, 0.5) is 85.3 Å². The van der Waals surface area contributed by atoms with Crippen molar-refractivity contribution in [3.05, 3.63) is 399 Å². The minimum Gasteiger partial charge on any atom is -0.454 e. The van der Waals surface area contributed by atoms with Crippen LogP contribution >= 0.6 is 0 Å². The van der Waals surface area contributed by atoms with Gasteiger partial charge >= 0.3 is 0 Å². The van der Waals surface area contributed by atoms with Gasteiger partial charge in [-0.15, -0.1) is 0 Å². The molecule has 0 aliphatic carbocycles. The smallest absolute Gasteiger partial charge is 0.252 e. The fourth-order valence-electron chi connectivity index (χ4n) is 20.2. The molecular formula is C103H64B2N6O2. The number of furan rings is 2. The van der Waals surface area contributed by atoms with Crippen molar-refractivity contribution in [2.24, 2.45) is 0 Å². The second-order valence-electron chi connectivity index (χ2n) is 30.5. The highest BCUT2D eigenvalue weighted by Crippen LogP contribution is 2.55. The van der Waals surface area contributed by atoms with E-state index in [4.69, 9.17) is 8.83 Å². The standard InChI is InChI=1S/C103H64B2N6O2/c1-7-30-64(31-8-1)98(65-32-9-2-10-33-65)66-56-92-99-93(57-66)109(86-52-28-46-76-72-42-19-25-54-96(72)112-102(76)86)90-62-88-78(60-82(90)104(99)80-48-21-23-50-84(80)107(92)69-38-15-5-16-39-69)74-44-27-45-75-79-61-83-91(63-89(79)111(88)101(74)75)110(87-53-29-47-77-73-43-20-26-55-97(73)113-103(77)87)95-59-71(106(67-34-11-3-12-35-67)68-36-13-4-14-37-68)58-94-100(95)105(83)81-49-22-24-51-85(81)108(94)70-40-17-6-18-41-70/h1-63,98H. The van der Waals surface area contributed by atoms with Gasteiger partial charge < -0.3 is 37.7 Å². The molecule has 4 aliphatic heterocycles. The number of hydrogen-bond acceptors (Lipinski definition) is 7. The lowest BCUT2D eigenvalue weighted by Crippen LogP contribution is -2.61. The van der Waals surface area contributed by atoms with Crippen LogP contribution in [0.1, 0.15) is 22.6 Å². The molecule has 0 unspecified atom stereocenters. The summed E-state index contributed by atoms with van der Waals surface area (Å²) < 4.78 is 17.2. The number of fused-ring (bicyclic) bond motifs is 20. The molecule has 8 nitrogen and oxygen atoms in total. The normalized spacial score (nSPS) is 13.3. The molecule has 4 aromatic heterocycles. The first-order valence-electron chi connectivity index (χ1n) is 39.1. The van der Waals surface area contributed by atoms with Crippen molar-refractivity contribution < 1.29 is 8.83 Å². The van der Waals surface area contributed by atoms with Crippen molar-refractivity contribution in [3.8, 4) is 0 Å². The largest absolute Gasteiger partial charge is 0.454 e. The van der Waals surface area contributed by atoms with Crippen LogP contribution in [-0.2, 0) is 0 Å². The Hall–Kier alpha value is -14.7. The summed E-state index contributed by atoms with van der Waals surface area (Å²) in [7, 11) is 0. The van der Waals surface area contributed by atoms with Crippen LogP contribution in [0.15, 0.2) is 391 Å². The number of para-hydroxylation sites is 11. The Morgan fingerprint density at radius 2 is 0.602 bits per heavy atom. The second kappa shape index (κ2) is 23.9. The predicted octanol–water partition coefficient (Wildman–Crippen LogP) is 23.5. The Labute approximate surface area is 651 Å². The Bertz CT molecular complexity index is 6980. The van der Waals surface area contributed by atoms with E-state index in [0.29, 0.717) is 0 Å². The Morgan fingerprint density at radius 3 is 1.08 bits per heavy atom. The number of nitrogens with zero attached hydrogens (tertiary/aromatic N) is 6. The molecule has 17 aromatic carbocycles. The molecule has 10 heteroatoms. The Balaban J connectivity index is 0.808. The molecular weight excluding hydrogens is 1370 g/mol. The monoisotopic (exact) mass is 1440 g/mol. The second-order valence-corrected chi connectivity index (χ2v) is 30.5. The van der Waals surface area contributed by atoms with Gasteiger partial charge in [0.15, 0.2) is 11.2 Å². The number of benzene rings is 17. The van der Waals surface area contributed by atoms with E-state index in [1.807, 2.05) is 0 Å². The molecule has 0 amide bonds. The summed E-state index contributed by atoms with van der Waals surface area (Å²) in [5, 5.41) is 9.06. The van der Waals surface area contributed by atoms with Gasteiger partial charge in [0.05, 0.1) is 33.6 Å². The van der Waals surface area contributed by atoms with Crippen molar-refractivity contribution in [1.82, 2.24) is 4.40 Å². The lowest BCUT2D eigenvalue weighted by Gasteiger charge is -2.45. The molecule has 0 saturated heterocycles. The molecule has 0 bridgehead atoms. The highest BCUT2D eigenvalue weighted by molar-refractivity contribution is 7.01. The molecule has 113 heavy (non-hydrogen) atoms. The molecule has 524 valence electrons. The van der Waals surface area contributed by atoms with E-state index in [9.17, 15) is 0 Å². The quantitative estimate of drug-likeness (QED) is 0.0999. The van der Waals surface area contributed by atoms with E-state index in [0.717, 1.165) is 140 Å². The van der Waals surface area contributed by atoms with Crippen molar-refractivity contribution in [1.29, 1.82) is 0 Å². The van der Waals surface area contributed by atoms with E-state index in [1.165, 1.54) is 76.5 Å². The first kappa shape index (κ1) is 62.2. The van der Waals surface area contributed by atoms with Crippen molar-refractivity contribution in [3.63, 3.8) is 0 Å². The fourth-order valence-corrected chi connectivity index (χ4v) is 20.2. The van der Waals surface area contributed by atoms with Gasteiger partial charge in [0.25, 0.3) is 13.4 Å². The first-order chi connectivity index (χ1) is 56.1. The van der Waals surface area contributed by atoms with Crippen LogP contribution in [0, 0.1) is 0 Å². The maximum atomic E-state index is 7.30. The fraction of sp³-hybridized carbons (Fsp3) is 0.00971. The molecule has 0 fully saturated rings. The predicted molar refractivity (Wildman–Crippen MR) is 472 cm³/mol. The van der Waals surface area contributed by atoms with Gasteiger partial charge in [-0.2, -0.15) is 0 Å². The maximum absolute atomic E-state index is 7.30. The van der Waals surface area contributed by atoms with E-state index in [1.54, 1.807) is 0 Å². The zero-order valence-corrected chi connectivity index (χ0v) is 61.1. The van der Waals surface area contributed by atoms with E-state index >= 15 is 0 Å². The van der Waals surface area contributed by atoms with Gasteiger partial charge in [-0.25, -0.2) is 0 Å². The summed E-state index contributed by atoms with van der Waals surface area (Å²) in [5.74, 6) is -0.127. The van der Waals surface area contributed by atoms with Crippen LogP contribution < -0.4 is 57.3 Å². The number of rotatable bonds is 10. The summed E-state index contributed by atoms with van der Waals surface area (Å²) in [6, 6.07) is 142. The molecule has 4 aliphatic rings. The van der Waals surface area contributed by atoms with Gasteiger partial charge in [0.2, 0.25) is 0 Å². The third kappa shape index (κ3) is 8.88. The lowest BCUT2D eigenvalue weighted by atomic mass is 9.33. The SMILES string of the molecule is c1ccc(C(c2ccccc2)c2cc3c4c(c2)N(c2cccc5c2oc2ccccc25)c2cc5c(cc2B4c2ccccc2N3c2ccccc2)c2cccc3c4cc6c(cc4n5c23)N(c2cccc3c2oc2ccccc23)c2cc(N(c3ccccc3)c3ccccc3)cc3c2B6c2ccccc2N3c2ccccc2)cc1. The summed E-state index contributed by atoms with van der Waals surface area (Å²) in [6.45, 7) is -0.392. The van der Waals surface area contributed by atoms with E-state index < -0.39 is 0 Å². The Kier molecular flexibility index (Phi) is 13.1. The summed E-state index contributed by atoms with van der Waals surface area (Å²) >= 11 is 0. The highest BCUT2D eigenvalue weighted by atomic mass is 16.3. The van der Waals surface area contributed by atoms with Crippen LogP contribution in [0.5, 0.6) is 0 Å². The summed E-state index contributed by atoms with van der Waals surface area (Å²) in [6.07, 6.45) is 0. The van der Waals surface area contributed by atoms with Gasteiger partial charge in [-0.05, 0) is 171 Å². The number of aromatic nitrogens is 1. The minimum absolute atomic E-state index is 0.127. The summed E-state index contributed by atoms with van der Waals surface area (Å²) in [4.78, 5) is 12.6. The molecule has 0 N–H and O–H groups in total. The van der Waals surface area contributed by atoms with E-state index in [2.05, 4.69) is 411 Å². The molecule has 0 radical (unpaired) electrons. The average molecular weight is 1440 g/mol. The van der Waals surface area contributed by atoms with Crippen LogP contribution in [-0.4, -0.2) is 17.8 Å². The lowest BCUT2D eigenvalue weighted by molar-refractivity contribution is 0.669. The summed E-state index contributed by atoms with van der Waals surface area (Å²) in [5.41, 5.74) is 33.8. The molecule has 0 atom stereocenters. The zero-order chi connectivity index (χ0) is 73.7. The van der Waals surface area contributed by atoms with Gasteiger partial charge in [0, 0.05) is 117 Å². The molecule has 0 spiro atoms. The van der Waals surface area contributed by atoms with Gasteiger partial charge in [-0.1, -0.05) is 261 Å². The Morgan fingerprint density at radius 1 is 0.239 bits per heavy atom. The van der Waals surface area contributed by atoms with Gasteiger partial charge in [0.1, 0.15) is 11.2 Å². The molecule has 0 saturated carbocycles. The van der Waals surface area contributed by atoms with Crippen molar-refractivity contribution in [2.45, 2.75) is 5.92 Å². The first-order valence-corrected chi connectivity index (χ1v) is 39.1. The van der Waals surface area contributed by atoms with Gasteiger partial charge in [-0.3, -0.25) is 0 Å². The average Bonchev–Trinajstić information content (AvgIpc) is 0.803. The van der Waals surface area contributed by atoms with Crippen LogP contribution in [0.25, 0.3) is 82.0 Å². The molecule has 8 heterocycles. The van der Waals surface area contributed by atoms with Crippen LogP contribution in [0.3, 0.4) is 0 Å². The van der Waals surface area contributed by atoms with Crippen molar-refractivity contribution >= 4 is 213 Å². The maximum Gasteiger partial charge on any atom is 0.252 e. The molecule has 25 rings (SSSR count). The van der Waals surface area contributed by atoms with E-state index in [-0.39, 0.29) is 19.3 Å². The third-order valence-electron chi connectivity index (χ3n) is 24.7. The number of anilines is 15. The number of hydrogen-bond donors (Lipinski definition) is 0. The van der Waals surface area contributed by atoms with Crippen molar-refractivity contribution in [2.75, 3.05) is 24.5 Å². The zero-order valence-electron chi connectivity index (χ0n) is 61.1. The van der Waals surface area contributed by atoms with Crippen LogP contribution in [0.2, 0.25) is 0 Å². The topological polar surface area (TPSA) is 46.9 Å². The molecule has 21 aromatic rings. The third-order valence-corrected chi connectivity index (χ3v) is 24.7. The highest BCUT2D eigenvalue weighted by Gasteiger charge is 2.48.